The highest BCUT2D eigenvalue weighted by molar-refractivity contribution is 5.72. The predicted octanol–water partition coefficient (Wildman–Crippen LogP) is 4.74. The van der Waals surface area contributed by atoms with Crippen LogP contribution >= 0.6 is 0 Å². The summed E-state index contributed by atoms with van der Waals surface area (Å²) in [4.78, 5) is 14.8. The fourth-order valence-electron chi connectivity index (χ4n) is 4.63. The van der Waals surface area contributed by atoms with Crippen molar-refractivity contribution in [2.24, 2.45) is 11.8 Å². The van der Waals surface area contributed by atoms with Gasteiger partial charge in [-0.15, -0.1) is 0 Å². The second kappa shape index (κ2) is 8.81. The lowest BCUT2D eigenvalue weighted by atomic mass is 9.81. The maximum absolute atomic E-state index is 14.2. The number of benzene rings is 1. The van der Waals surface area contributed by atoms with Gasteiger partial charge in [0.2, 0.25) is 0 Å². The molecule has 0 spiro atoms. The molecular weight excluding hydrogens is 355 g/mol. The molecule has 1 heterocycles. The maximum Gasteiger partial charge on any atom is 0.309 e. The third kappa shape index (κ3) is 5.69. The van der Waals surface area contributed by atoms with Gasteiger partial charge in [0, 0.05) is 12.2 Å². The average Bonchev–Trinajstić information content (AvgIpc) is 2.62. The molecule has 3 rings (SSSR count). The van der Waals surface area contributed by atoms with Crippen LogP contribution in [0.15, 0.2) is 18.2 Å². The van der Waals surface area contributed by atoms with Crippen LogP contribution in [0.4, 0.5) is 10.1 Å². The predicted molar refractivity (Wildman–Crippen MR) is 111 cm³/mol. The van der Waals surface area contributed by atoms with Crippen LogP contribution in [0.3, 0.4) is 0 Å². The number of likely N-dealkylation sites (tertiary alicyclic amines) is 1. The molecule has 1 aliphatic heterocycles. The Hall–Kier alpha value is -1.62. The lowest BCUT2D eigenvalue weighted by Crippen LogP contribution is -2.38. The Balaban J connectivity index is 1.42. The molecule has 5 heteroatoms. The molecule has 1 aromatic carbocycles. The van der Waals surface area contributed by atoms with Crippen molar-refractivity contribution in [1.82, 2.24) is 4.90 Å². The van der Waals surface area contributed by atoms with Gasteiger partial charge < -0.3 is 15.4 Å². The number of hydrogen-bond acceptors (Lipinski definition) is 4. The van der Waals surface area contributed by atoms with E-state index in [1.54, 1.807) is 6.07 Å². The average molecular weight is 391 g/mol. The highest BCUT2D eigenvalue weighted by Gasteiger charge is 2.31. The number of hydrogen-bond donors (Lipinski definition) is 1. The summed E-state index contributed by atoms with van der Waals surface area (Å²) in [6.45, 7) is 8.90. The van der Waals surface area contributed by atoms with Crippen LogP contribution in [0.25, 0.3) is 0 Å². The summed E-state index contributed by atoms with van der Waals surface area (Å²) < 4.78 is 19.7. The number of nitrogen functional groups attached to an aromatic ring is 1. The van der Waals surface area contributed by atoms with Gasteiger partial charge in [0.15, 0.2) is 0 Å². The monoisotopic (exact) mass is 390 g/mol. The fraction of sp³-hybridized carbons (Fsp3) is 0.696. The van der Waals surface area contributed by atoms with Crippen LogP contribution in [0.2, 0.25) is 0 Å². The summed E-state index contributed by atoms with van der Waals surface area (Å²) >= 11 is 0. The molecule has 0 radical (unpaired) electrons. The van der Waals surface area contributed by atoms with Crippen molar-refractivity contribution in [3.8, 4) is 0 Å². The first-order chi connectivity index (χ1) is 13.2. The van der Waals surface area contributed by atoms with Gasteiger partial charge in [0.05, 0.1) is 5.92 Å². The van der Waals surface area contributed by atoms with Gasteiger partial charge in [-0.05, 0) is 102 Å². The summed E-state index contributed by atoms with van der Waals surface area (Å²) in [7, 11) is 0. The summed E-state index contributed by atoms with van der Waals surface area (Å²) in [5.74, 6) is 0.814. The van der Waals surface area contributed by atoms with Gasteiger partial charge in [0.1, 0.15) is 11.4 Å². The Labute approximate surface area is 168 Å². The van der Waals surface area contributed by atoms with E-state index in [4.69, 9.17) is 10.5 Å². The number of nitrogens with two attached hydrogens (primary N) is 1. The molecule has 1 aromatic rings. The molecule has 2 fully saturated rings. The number of ether oxygens (including phenoxy) is 1. The number of anilines is 1. The van der Waals surface area contributed by atoms with E-state index in [-0.39, 0.29) is 17.7 Å². The molecule has 0 atom stereocenters. The van der Waals surface area contributed by atoms with E-state index in [0.717, 1.165) is 63.7 Å². The summed E-state index contributed by atoms with van der Waals surface area (Å²) in [5.41, 5.74) is 6.56. The number of rotatable bonds is 4. The van der Waals surface area contributed by atoms with Crippen LogP contribution < -0.4 is 5.73 Å². The molecule has 1 saturated carbocycles. The fourth-order valence-corrected chi connectivity index (χ4v) is 4.63. The van der Waals surface area contributed by atoms with E-state index in [1.165, 1.54) is 6.07 Å². The minimum Gasteiger partial charge on any atom is -0.460 e. The van der Waals surface area contributed by atoms with E-state index in [0.29, 0.717) is 17.5 Å². The van der Waals surface area contributed by atoms with Crippen molar-refractivity contribution in [3.05, 3.63) is 29.6 Å². The first-order valence-electron chi connectivity index (χ1n) is 10.7. The lowest BCUT2D eigenvalue weighted by molar-refractivity contribution is -0.161. The molecule has 1 aliphatic carbocycles. The van der Waals surface area contributed by atoms with E-state index in [1.807, 2.05) is 26.8 Å². The Morgan fingerprint density at radius 1 is 1.14 bits per heavy atom. The Bertz CT molecular complexity index is 670. The van der Waals surface area contributed by atoms with E-state index in [9.17, 15) is 9.18 Å². The SMILES string of the molecule is CC(C)(C)OC(=O)C1CCC(CN2CCC(c3ccc(N)cc3F)CC2)CC1. The minimum absolute atomic E-state index is 0.0303. The van der Waals surface area contributed by atoms with E-state index >= 15 is 0 Å². The topological polar surface area (TPSA) is 55.6 Å². The maximum atomic E-state index is 14.2. The summed E-state index contributed by atoms with van der Waals surface area (Å²) in [6.07, 6.45) is 6.05. The second-order valence-corrected chi connectivity index (χ2v) is 9.61. The summed E-state index contributed by atoms with van der Waals surface area (Å²) in [6, 6.07) is 5.08. The standard InChI is InChI=1S/C23H35FN2O2/c1-23(2,3)28-22(27)18-6-4-16(5-7-18)15-26-12-10-17(11-13-26)20-9-8-19(25)14-21(20)24/h8-9,14,16-18H,4-7,10-13,15,25H2,1-3H3. The first kappa shape index (κ1) is 21.1. The zero-order valence-corrected chi connectivity index (χ0v) is 17.5. The van der Waals surface area contributed by atoms with Crippen molar-refractivity contribution in [3.63, 3.8) is 0 Å². The molecule has 28 heavy (non-hydrogen) atoms. The van der Waals surface area contributed by atoms with Crippen molar-refractivity contribution < 1.29 is 13.9 Å². The first-order valence-corrected chi connectivity index (χ1v) is 10.7. The van der Waals surface area contributed by atoms with Crippen molar-refractivity contribution in [2.75, 3.05) is 25.4 Å². The molecule has 2 aliphatic rings. The van der Waals surface area contributed by atoms with Crippen LogP contribution in [-0.4, -0.2) is 36.1 Å². The highest BCUT2D eigenvalue weighted by atomic mass is 19.1. The Morgan fingerprint density at radius 2 is 1.79 bits per heavy atom. The smallest absolute Gasteiger partial charge is 0.309 e. The number of carbonyl (C=O) groups is 1. The highest BCUT2D eigenvalue weighted by Crippen LogP contribution is 2.34. The molecular formula is C23H35FN2O2. The normalized spacial score (nSPS) is 24.9. The van der Waals surface area contributed by atoms with Crippen molar-refractivity contribution in [1.29, 1.82) is 0 Å². The number of esters is 1. The van der Waals surface area contributed by atoms with Gasteiger partial charge in [0.25, 0.3) is 0 Å². The van der Waals surface area contributed by atoms with E-state index < -0.39 is 5.60 Å². The molecule has 1 saturated heterocycles. The number of piperidine rings is 1. The van der Waals surface area contributed by atoms with Gasteiger partial charge >= 0.3 is 5.97 Å². The third-order valence-electron chi connectivity index (χ3n) is 6.16. The Kier molecular flexibility index (Phi) is 6.64. The number of carbonyl (C=O) groups excluding carboxylic acids is 1. The van der Waals surface area contributed by atoms with Gasteiger partial charge in [-0.2, -0.15) is 0 Å². The number of halogens is 1. The van der Waals surface area contributed by atoms with Crippen LogP contribution in [-0.2, 0) is 9.53 Å². The Morgan fingerprint density at radius 3 is 2.36 bits per heavy atom. The molecule has 0 amide bonds. The van der Waals surface area contributed by atoms with Crippen molar-refractivity contribution >= 4 is 11.7 Å². The zero-order chi connectivity index (χ0) is 20.3. The molecule has 156 valence electrons. The molecule has 4 nitrogen and oxygen atoms in total. The van der Waals surface area contributed by atoms with Gasteiger partial charge in [-0.3, -0.25) is 4.79 Å². The minimum atomic E-state index is -0.401. The lowest BCUT2D eigenvalue weighted by Gasteiger charge is -2.36. The zero-order valence-electron chi connectivity index (χ0n) is 17.5. The van der Waals surface area contributed by atoms with Crippen LogP contribution in [0, 0.1) is 17.7 Å². The second-order valence-electron chi connectivity index (χ2n) is 9.61. The molecule has 0 aromatic heterocycles. The molecule has 2 N–H and O–H groups in total. The molecule has 0 bridgehead atoms. The quantitative estimate of drug-likeness (QED) is 0.596. The van der Waals surface area contributed by atoms with Crippen LogP contribution in [0.5, 0.6) is 0 Å². The number of nitrogens with zero attached hydrogens (tertiary/aromatic N) is 1. The summed E-state index contributed by atoms with van der Waals surface area (Å²) in [5, 5.41) is 0. The van der Waals surface area contributed by atoms with Gasteiger partial charge in [-0.25, -0.2) is 4.39 Å². The van der Waals surface area contributed by atoms with Crippen LogP contribution in [0.1, 0.15) is 70.8 Å². The molecule has 0 unspecified atom stereocenters. The van der Waals surface area contributed by atoms with Gasteiger partial charge in [-0.1, -0.05) is 6.07 Å². The largest absolute Gasteiger partial charge is 0.460 e. The third-order valence-corrected chi connectivity index (χ3v) is 6.16. The van der Waals surface area contributed by atoms with E-state index in [2.05, 4.69) is 4.90 Å². The van der Waals surface area contributed by atoms with Crippen molar-refractivity contribution in [2.45, 2.75) is 70.8 Å².